The van der Waals surface area contributed by atoms with Crippen LogP contribution in [0.3, 0.4) is 0 Å². The highest BCUT2D eigenvalue weighted by atomic mass is 35.5. The minimum atomic E-state index is -0.870. The molecule has 1 unspecified atom stereocenters. The van der Waals surface area contributed by atoms with Crippen molar-refractivity contribution in [2.24, 2.45) is 12.0 Å². The Morgan fingerprint density at radius 2 is 2.26 bits per heavy atom. The van der Waals surface area contributed by atoms with Gasteiger partial charge >= 0.3 is 5.97 Å². The number of carboxylic acids is 1. The Labute approximate surface area is 119 Å². The highest BCUT2D eigenvalue weighted by molar-refractivity contribution is 7.07. The first-order valence-corrected chi connectivity index (χ1v) is 6.92. The highest BCUT2D eigenvalue weighted by Crippen LogP contribution is 2.28. The van der Waals surface area contributed by atoms with Crippen LogP contribution in [0.2, 0.25) is 5.02 Å². The molecule has 0 saturated heterocycles. The van der Waals surface area contributed by atoms with Crippen LogP contribution in [0.4, 0.5) is 5.69 Å². The molecule has 1 atom stereocenters. The van der Waals surface area contributed by atoms with Crippen molar-refractivity contribution in [3.63, 3.8) is 0 Å². The summed E-state index contributed by atoms with van der Waals surface area (Å²) >= 11 is 7.67. The van der Waals surface area contributed by atoms with E-state index in [2.05, 4.69) is 4.99 Å². The smallest absolute Gasteiger partial charge is 0.310 e. The average molecular weight is 297 g/mol. The predicted octanol–water partition coefficient (Wildman–Crippen LogP) is 3.16. The maximum absolute atomic E-state index is 10.9. The topological polar surface area (TPSA) is 54.6 Å². The minimum Gasteiger partial charge on any atom is -0.481 e. The van der Waals surface area contributed by atoms with E-state index in [1.54, 1.807) is 25.1 Å². The number of aliphatic carboxylic acids is 1. The van der Waals surface area contributed by atoms with Gasteiger partial charge in [0.15, 0.2) is 4.80 Å². The number of hydrogen-bond acceptors (Lipinski definition) is 3. The molecule has 6 heteroatoms. The lowest BCUT2D eigenvalue weighted by Crippen LogP contribution is -2.08. The predicted molar refractivity (Wildman–Crippen MR) is 76.0 cm³/mol. The number of rotatable bonds is 3. The molecule has 0 fully saturated rings. The first-order valence-electron chi connectivity index (χ1n) is 5.66. The number of hydrogen-bond donors (Lipinski definition) is 1. The summed E-state index contributed by atoms with van der Waals surface area (Å²) in [6.45, 7) is 1.63. The van der Waals surface area contributed by atoms with Crippen LogP contribution in [0.15, 0.2) is 34.8 Å². The Hall–Kier alpha value is -1.59. The molecule has 0 aliphatic rings. The second-order valence-corrected chi connectivity index (χ2v) is 5.46. The van der Waals surface area contributed by atoms with E-state index >= 15 is 0 Å². The summed E-state index contributed by atoms with van der Waals surface area (Å²) in [4.78, 5) is 16.2. The summed E-state index contributed by atoms with van der Waals surface area (Å²) in [7, 11) is 1.91. The third-order valence-corrected chi connectivity index (χ3v) is 3.97. The Morgan fingerprint density at radius 1 is 1.53 bits per heavy atom. The van der Waals surface area contributed by atoms with Gasteiger partial charge in [0, 0.05) is 18.6 Å². The summed E-state index contributed by atoms with van der Waals surface area (Å²) in [6, 6.07) is 5.15. The molecule has 0 aliphatic carbocycles. The minimum absolute atomic E-state index is 0.457. The highest BCUT2D eigenvalue weighted by Gasteiger charge is 2.14. The van der Waals surface area contributed by atoms with Gasteiger partial charge in [0.25, 0.3) is 0 Å². The SMILES string of the molecule is CC(C(=O)O)c1ccc(N=c2sccn2C)c(Cl)c1. The van der Waals surface area contributed by atoms with Crippen molar-refractivity contribution in [2.75, 3.05) is 0 Å². The van der Waals surface area contributed by atoms with Crippen LogP contribution in [-0.2, 0) is 11.8 Å². The van der Waals surface area contributed by atoms with E-state index in [1.165, 1.54) is 11.3 Å². The second kappa shape index (κ2) is 5.59. The molecule has 2 rings (SSSR count). The molecule has 0 saturated carbocycles. The quantitative estimate of drug-likeness (QED) is 0.946. The van der Waals surface area contributed by atoms with Crippen molar-refractivity contribution in [3.05, 3.63) is 45.2 Å². The monoisotopic (exact) mass is 296 g/mol. The summed E-state index contributed by atoms with van der Waals surface area (Å²) in [6.07, 6.45) is 1.91. The fourth-order valence-electron chi connectivity index (χ4n) is 1.56. The van der Waals surface area contributed by atoms with Gasteiger partial charge < -0.3 is 9.67 Å². The summed E-state index contributed by atoms with van der Waals surface area (Å²) < 4.78 is 1.90. The van der Waals surface area contributed by atoms with E-state index < -0.39 is 11.9 Å². The van der Waals surface area contributed by atoms with Gasteiger partial charge in [0.1, 0.15) is 0 Å². The number of nitrogens with zero attached hydrogens (tertiary/aromatic N) is 2. The normalized spacial score (nSPS) is 13.5. The first-order chi connectivity index (χ1) is 8.99. The molecule has 0 spiro atoms. The van der Waals surface area contributed by atoms with Crippen LogP contribution < -0.4 is 4.80 Å². The molecule has 100 valence electrons. The zero-order valence-corrected chi connectivity index (χ0v) is 12.1. The Bertz CT molecular complexity index is 675. The van der Waals surface area contributed by atoms with Crippen molar-refractivity contribution in [1.29, 1.82) is 0 Å². The van der Waals surface area contributed by atoms with E-state index in [0.717, 1.165) is 4.80 Å². The van der Waals surface area contributed by atoms with Gasteiger partial charge in [0.2, 0.25) is 0 Å². The van der Waals surface area contributed by atoms with E-state index in [4.69, 9.17) is 16.7 Å². The standard InChI is InChI=1S/C13H13ClN2O2S/c1-8(12(17)18)9-3-4-11(10(14)7-9)15-13-16(2)5-6-19-13/h3-8H,1-2H3,(H,17,18). The van der Waals surface area contributed by atoms with Crippen molar-refractivity contribution in [2.45, 2.75) is 12.8 Å². The Balaban J connectivity index is 2.41. The maximum atomic E-state index is 10.9. The van der Waals surface area contributed by atoms with Crippen LogP contribution in [0.5, 0.6) is 0 Å². The number of aryl methyl sites for hydroxylation is 1. The molecular formula is C13H13ClN2O2S. The average Bonchev–Trinajstić information content (AvgIpc) is 2.76. The van der Waals surface area contributed by atoms with Gasteiger partial charge in [-0.1, -0.05) is 17.7 Å². The van der Waals surface area contributed by atoms with Gasteiger partial charge in [0.05, 0.1) is 16.6 Å². The van der Waals surface area contributed by atoms with Crippen LogP contribution in [-0.4, -0.2) is 15.6 Å². The van der Waals surface area contributed by atoms with Crippen LogP contribution in [0.1, 0.15) is 18.4 Å². The van der Waals surface area contributed by atoms with Gasteiger partial charge in [-0.15, -0.1) is 11.3 Å². The van der Waals surface area contributed by atoms with Gasteiger partial charge in [-0.05, 0) is 24.6 Å². The van der Waals surface area contributed by atoms with E-state index in [1.807, 2.05) is 23.2 Å². The van der Waals surface area contributed by atoms with Crippen LogP contribution in [0, 0.1) is 0 Å². The van der Waals surface area contributed by atoms with E-state index in [0.29, 0.717) is 16.3 Å². The van der Waals surface area contributed by atoms with Gasteiger partial charge in [-0.25, -0.2) is 4.99 Å². The first kappa shape index (κ1) is 13.8. The summed E-state index contributed by atoms with van der Waals surface area (Å²) in [5.74, 6) is -1.45. The zero-order chi connectivity index (χ0) is 14.0. The third-order valence-electron chi connectivity index (χ3n) is 2.82. The molecule has 1 heterocycles. The number of carboxylic acid groups (broad SMARTS) is 1. The Kier molecular flexibility index (Phi) is 4.07. The number of benzene rings is 1. The molecule has 2 aromatic rings. The van der Waals surface area contributed by atoms with E-state index in [9.17, 15) is 4.79 Å². The van der Waals surface area contributed by atoms with Crippen molar-refractivity contribution < 1.29 is 9.90 Å². The van der Waals surface area contributed by atoms with Crippen LogP contribution in [0.25, 0.3) is 0 Å². The zero-order valence-electron chi connectivity index (χ0n) is 10.5. The molecule has 0 radical (unpaired) electrons. The molecule has 0 bridgehead atoms. The fraction of sp³-hybridized carbons (Fsp3) is 0.231. The number of carbonyl (C=O) groups is 1. The lowest BCUT2D eigenvalue weighted by molar-refractivity contribution is -0.138. The molecule has 1 aromatic carbocycles. The molecule has 1 N–H and O–H groups in total. The summed E-state index contributed by atoms with van der Waals surface area (Å²) in [5, 5.41) is 11.4. The Morgan fingerprint density at radius 3 is 2.79 bits per heavy atom. The molecular weight excluding hydrogens is 284 g/mol. The lowest BCUT2D eigenvalue weighted by Gasteiger charge is -2.07. The third kappa shape index (κ3) is 3.05. The molecule has 0 amide bonds. The lowest BCUT2D eigenvalue weighted by atomic mass is 10.0. The molecule has 0 aliphatic heterocycles. The summed E-state index contributed by atoms with van der Waals surface area (Å²) in [5.41, 5.74) is 1.31. The largest absolute Gasteiger partial charge is 0.481 e. The molecule has 19 heavy (non-hydrogen) atoms. The van der Waals surface area contributed by atoms with Crippen LogP contribution >= 0.6 is 22.9 Å². The maximum Gasteiger partial charge on any atom is 0.310 e. The van der Waals surface area contributed by atoms with Crippen molar-refractivity contribution in [3.8, 4) is 0 Å². The van der Waals surface area contributed by atoms with Crippen molar-refractivity contribution in [1.82, 2.24) is 4.57 Å². The number of thiazole rings is 1. The number of aromatic nitrogens is 1. The number of halogens is 1. The van der Waals surface area contributed by atoms with Crippen molar-refractivity contribution >= 4 is 34.6 Å². The van der Waals surface area contributed by atoms with Gasteiger partial charge in [-0.2, -0.15) is 0 Å². The molecule has 4 nitrogen and oxygen atoms in total. The van der Waals surface area contributed by atoms with E-state index in [-0.39, 0.29) is 0 Å². The van der Waals surface area contributed by atoms with Gasteiger partial charge in [-0.3, -0.25) is 4.79 Å². The molecule has 1 aromatic heterocycles. The fourth-order valence-corrected chi connectivity index (χ4v) is 2.54. The second-order valence-electron chi connectivity index (χ2n) is 4.18.